The van der Waals surface area contributed by atoms with Crippen LogP contribution in [0.2, 0.25) is 0 Å². The van der Waals surface area contributed by atoms with Crippen molar-refractivity contribution in [1.29, 1.82) is 0 Å². The lowest BCUT2D eigenvalue weighted by Gasteiger charge is -2.15. The van der Waals surface area contributed by atoms with E-state index < -0.39 is 11.7 Å². The van der Waals surface area contributed by atoms with Crippen molar-refractivity contribution in [3.8, 4) is 0 Å². The third-order valence-electron chi connectivity index (χ3n) is 3.11. The fraction of sp³-hybridized carbons (Fsp3) is 0.250. The average Bonchev–Trinajstić information content (AvgIpc) is 2.90. The minimum atomic E-state index is -4.35. The molecule has 1 aromatic carbocycles. The van der Waals surface area contributed by atoms with Gasteiger partial charge in [-0.3, -0.25) is 4.79 Å². The Hall–Kier alpha value is -2.15. The van der Waals surface area contributed by atoms with Crippen LogP contribution in [-0.4, -0.2) is 22.8 Å². The number of rotatable bonds is 4. The molecule has 0 aliphatic carbocycles. The number of aromatic nitrogens is 1. The third kappa shape index (κ3) is 4.92. The maximum absolute atomic E-state index is 12.5. The molecular weight excluding hydrogens is 325 g/mol. The van der Waals surface area contributed by atoms with Crippen molar-refractivity contribution in [2.24, 2.45) is 0 Å². The van der Waals surface area contributed by atoms with Crippen LogP contribution in [0.3, 0.4) is 0 Å². The van der Waals surface area contributed by atoms with Crippen molar-refractivity contribution >= 4 is 23.3 Å². The van der Waals surface area contributed by atoms with Crippen LogP contribution in [0.15, 0.2) is 35.7 Å². The summed E-state index contributed by atoms with van der Waals surface area (Å²) < 4.78 is 37.5. The zero-order chi connectivity index (χ0) is 17.0. The minimum Gasteiger partial charge on any atom is -0.338 e. The highest BCUT2D eigenvalue weighted by Gasteiger charge is 2.29. The van der Waals surface area contributed by atoms with Crippen molar-refractivity contribution in [2.75, 3.05) is 7.05 Å². The van der Waals surface area contributed by atoms with Gasteiger partial charge >= 0.3 is 6.18 Å². The first-order valence-electron chi connectivity index (χ1n) is 6.77. The Morgan fingerprint density at radius 3 is 2.48 bits per heavy atom. The second kappa shape index (κ2) is 6.95. The SMILES string of the molecule is Cc1nc(/C=C/C(=O)N(C)Cc2ccc(C(F)(F)F)cc2)cs1. The number of likely N-dealkylation sites (N-methyl/N-ethyl adjacent to an activating group) is 1. The van der Waals surface area contributed by atoms with E-state index in [1.165, 1.54) is 34.4 Å². The number of alkyl halides is 3. The van der Waals surface area contributed by atoms with Gasteiger partial charge in [0.05, 0.1) is 16.3 Å². The van der Waals surface area contributed by atoms with E-state index in [1.54, 1.807) is 13.1 Å². The van der Waals surface area contributed by atoms with Crippen molar-refractivity contribution in [3.05, 3.63) is 57.6 Å². The van der Waals surface area contributed by atoms with Crippen molar-refractivity contribution in [2.45, 2.75) is 19.6 Å². The summed E-state index contributed by atoms with van der Waals surface area (Å²) in [6.07, 6.45) is -1.33. The van der Waals surface area contributed by atoms with E-state index >= 15 is 0 Å². The Kier molecular flexibility index (Phi) is 5.20. The van der Waals surface area contributed by atoms with Gasteiger partial charge in [0, 0.05) is 25.0 Å². The van der Waals surface area contributed by atoms with Gasteiger partial charge in [-0.1, -0.05) is 12.1 Å². The van der Waals surface area contributed by atoms with Crippen LogP contribution in [-0.2, 0) is 17.5 Å². The summed E-state index contributed by atoms with van der Waals surface area (Å²) >= 11 is 1.49. The fourth-order valence-corrected chi connectivity index (χ4v) is 2.47. The van der Waals surface area contributed by atoms with Gasteiger partial charge in [0.15, 0.2) is 0 Å². The van der Waals surface area contributed by atoms with E-state index in [0.717, 1.165) is 17.1 Å². The predicted octanol–water partition coefficient (Wildman–Crippen LogP) is 4.14. The molecule has 7 heteroatoms. The van der Waals surface area contributed by atoms with Crippen LogP contribution in [0.5, 0.6) is 0 Å². The smallest absolute Gasteiger partial charge is 0.338 e. The van der Waals surface area contributed by atoms with Crippen LogP contribution < -0.4 is 0 Å². The summed E-state index contributed by atoms with van der Waals surface area (Å²) in [4.78, 5) is 17.6. The van der Waals surface area contributed by atoms with E-state index in [-0.39, 0.29) is 12.5 Å². The van der Waals surface area contributed by atoms with Crippen LogP contribution in [0.25, 0.3) is 6.08 Å². The molecule has 1 aromatic heterocycles. The van der Waals surface area contributed by atoms with E-state index in [1.807, 2.05) is 12.3 Å². The fourth-order valence-electron chi connectivity index (χ4n) is 1.89. The quantitative estimate of drug-likeness (QED) is 0.784. The Bertz CT molecular complexity index is 705. The summed E-state index contributed by atoms with van der Waals surface area (Å²) in [5, 5.41) is 2.75. The molecule has 0 aliphatic heterocycles. The molecule has 3 nitrogen and oxygen atoms in total. The van der Waals surface area contributed by atoms with E-state index in [4.69, 9.17) is 0 Å². The number of aryl methyl sites for hydroxylation is 1. The van der Waals surface area contributed by atoms with Gasteiger partial charge < -0.3 is 4.90 Å². The molecule has 0 atom stereocenters. The highest BCUT2D eigenvalue weighted by molar-refractivity contribution is 7.09. The number of thiazole rings is 1. The van der Waals surface area contributed by atoms with Gasteiger partial charge in [0.2, 0.25) is 5.91 Å². The van der Waals surface area contributed by atoms with Crippen LogP contribution >= 0.6 is 11.3 Å². The number of halogens is 3. The summed E-state index contributed by atoms with van der Waals surface area (Å²) in [5.74, 6) is -0.240. The average molecular weight is 340 g/mol. The Morgan fingerprint density at radius 1 is 1.30 bits per heavy atom. The molecule has 0 bridgehead atoms. The molecule has 0 saturated heterocycles. The second-order valence-corrected chi connectivity index (χ2v) is 6.08. The largest absolute Gasteiger partial charge is 0.416 e. The van der Waals surface area contributed by atoms with Crippen LogP contribution in [0, 0.1) is 6.92 Å². The van der Waals surface area contributed by atoms with Crippen LogP contribution in [0.4, 0.5) is 13.2 Å². The van der Waals surface area contributed by atoms with E-state index in [0.29, 0.717) is 11.3 Å². The second-order valence-electron chi connectivity index (χ2n) is 5.01. The van der Waals surface area contributed by atoms with Gasteiger partial charge in [-0.15, -0.1) is 11.3 Å². The zero-order valence-electron chi connectivity index (χ0n) is 12.6. The van der Waals surface area contributed by atoms with E-state index in [9.17, 15) is 18.0 Å². The van der Waals surface area contributed by atoms with Crippen molar-refractivity contribution in [1.82, 2.24) is 9.88 Å². The first-order chi connectivity index (χ1) is 10.8. The lowest BCUT2D eigenvalue weighted by molar-refractivity contribution is -0.137. The number of hydrogen-bond donors (Lipinski definition) is 0. The summed E-state index contributed by atoms with van der Waals surface area (Å²) in [6, 6.07) is 4.78. The Labute approximate surface area is 136 Å². The molecule has 0 saturated carbocycles. The molecule has 0 unspecified atom stereocenters. The van der Waals surface area contributed by atoms with Gasteiger partial charge in [-0.05, 0) is 30.7 Å². The summed E-state index contributed by atoms with van der Waals surface area (Å²) in [7, 11) is 1.59. The molecular formula is C16H15F3N2OS. The van der Waals surface area contributed by atoms with Gasteiger partial charge in [-0.2, -0.15) is 13.2 Å². The number of nitrogens with zero attached hydrogens (tertiary/aromatic N) is 2. The number of benzene rings is 1. The maximum Gasteiger partial charge on any atom is 0.416 e. The molecule has 0 spiro atoms. The summed E-state index contributed by atoms with van der Waals surface area (Å²) in [6.45, 7) is 2.11. The first kappa shape index (κ1) is 17.2. The molecule has 122 valence electrons. The van der Waals surface area contributed by atoms with Crippen LogP contribution in [0.1, 0.15) is 21.8 Å². The molecule has 0 fully saturated rings. The monoisotopic (exact) mass is 340 g/mol. The van der Waals surface area contributed by atoms with Gasteiger partial charge in [0.1, 0.15) is 0 Å². The molecule has 1 heterocycles. The highest BCUT2D eigenvalue weighted by atomic mass is 32.1. The number of hydrogen-bond acceptors (Lipinski definition) is 3. The third-order valence-corrected chi connectivity index (χ3v) is 3.90. The Morgan fingerprint density at radius 2 is 1.96 bits per heavy atom. The molecule has 23 heavy (non-hydrogen) atoms. The lowest BCUT2D eigenvalue weighted by atomic mass is 10.1. The molecule has 0 N–H and O–H groups in total. The zero-order valence-corrected chi connectivity index (χ0v) is 13.4. The number of amides is 1. The first-order valence-corrected chi connectivity index (χ1v) is 7.65. The van der Waals surface area contributed by atoms with E-state index in [2.05, 4.69) is 4.98 Å². The minimum absolute atomic E-state index is 0.234. The standard InChI is InChI=1S/C16H15F3N2OS/c1-11-20-14(10-23-11)7-8-15(22)21(2)9-12-3-5-13(6-4-12)16(17,18)19/h3-8,10H,9H2,1-2H3/b8-7+. The molecule has 2 aromatic rings. The van der Waals surface area contributed by atoms with Gasteiger partial charge in [-0.25, -0.2) is 4.98 Å². The normalized spacial score (nSPS) is 11.9. The summed E-state index contributed by atoms with van der Waals surface area (Å²) in [5.41, 5.74) is 0.643. The van der Waals surface area contributed by atoms with Crippen molar-refractivity contribution < 1.29 is 18.0 Å². The van der Waals surface area contributed by atoms with Gasteiger partial charge in [0.25, 0.3) is 0 Å². The topological polar surface area (TPSA) is 33.2 Å². The molecule has 2 rings (SSSR count). The Balaban J connectivity index is 1.96. The lowest BCUT2D eigenvalue weighted by Crippen LogP contribution is -2.24. The maximum atomic E-state index is 12.5. The molecule has 0 radical (unpaired) electrons. The molecule has 1 amide bonds. The predicted molar refractivity (Wildman–Crippen MR) is 83.8 cm³/mol. The number of carbonyl (C=O) groups excluding carboxylic acids is 1. The number of carbonyl (C=O) groups is 1. The molecule has 0 aliphatic rings. The highest BCUT2D eigenvalue weighted by Crippen LogP contribution is 2.29. The van der Waals surface area contributed by atoms with Crippen molar-refractivity contribution in [3.63, 3.8) is 0 Å².